The Balaban J connectivity index is 1.73. The van der Waals surface area contributed by atoms with Crippen molar-refractivity contribution in [3.05, 3.63) is 48.3 Å². The van der Waals surface area contributed by atoms with Gasteiger partial charge < -0.3 is 24.7 Å². The monoisotopic (exact) mass is 381 g/mol. The molecule has 0 aliphatic rings. The number of methoxy groups -OCH3 is 2. The Hall–Kier alpha value is -3.22. The molecule has 0 aliphatic carbocycles. The van der Waals surface area contributed by atoms with Gasteiger partial charge in [0.25, 0.3) is 0 Å². The van der Waals surface area contributed by atoms with E-state index in [0.29, 0.717) is 18.0 Å². The number of ether oxygens (including phenoxy) is 2. The van der Waals surface area contributed by atoms with Crippen LogP contribution in [0, 0.1) is 6.92 Å². The number of para-hydroxylation sites is 2. The van der Waals surface area contributed by atoms with Crippen LogP contribution < -0.4 is 20.1 Å². The second kappa shape index (κ2) is 9.12. The summed E-state index contributed by atoms with van der Waals surface area (Å²) in [5.41, 5.74) is 3.02. The van der Waals surface area contributed by atoms with Crippen LogP contribution in [0.15, 0.2) is 47.5 Å². The van der Waals surface area contributed by atoms with E-state index in [0.717, 1.165) is 41.6 Å². The zero-order valence-corrected chi connectivity index (χ0v) is 16.8. The Labute approximate surface area is 165 Å². The molecule has 0 saturated heterocycles. The second-order valence-corrected chi connectivity index (χ2v) is 6.25. The van der Waals surface area contributed by atoms with Crippen molar-refractivity contribution in [1.82, 2.24) is 14.9 Å². The van der Waals surface area contributed by atoms with Crippen LogP contribution in [0.2, 0.25) is 0 Å². The summed E-state index contributed by atoms with van der Waals surface area (Å²) in [5.74, 6) is 3.08. The third-order valence-electron chi connectivity index (χ3n) is 4.43. The molecule has 1 aromatic heterocycles. The van der Waals surface area contributed by atoms with Crippen LogP contribution in [-0.2, 0) is 6.54 Å². The molecular weight excluding hydrogens is 354 g/mol. The molecule has 2 N–H and O–H groups in total. The highest BCUT2D eigenvalue weighted by Gasteiger charge is 2.08. The molecule has 0 atom stereocenters. The van der Waals surface area contributed by atoms with Gasteiger partial charge in [0.1, 0.15) is 5.82 Å². The van der Waals surface area contributed by atoms with Crippen LogP contribution >= 0.6 is 0 Å². The summed E-state index contributed by atoms with van der Waals surface area (Å²) in [6, 6.07) is 13.9. The number of fused-ring (bicyclic) bond motifs is 1. The van der Waals surface area contributed by atoms with Crippen molar-refractivity contribution in [3.8, 4) is 11.5 Å². The third-order valence-corrected chi connectivity index (χ3v) is 4.43. The average molecular weight is 381 g/mol. The van der Waals surface area contributed by atoms with Gasteiger partial charge in [-0.05, 0) is 38.1 Å². The molecule has 28 heavy (non-hydrogen) atoms. The van der Waals surface area contributed by atoms with Crippen molar-refractivity contribution in [2.45, 2.75) is 20.4 Å². The maximum atomic E-state index is 5.37. The largest absolute Gasteiger partial charge is 0.493 e. The van der Waals surface area contributed by atoms with Gasteiger partial charge in [0, 0.05) is 24.8 Å². The van der Waals surface area contributed by atoms with Gasteiger partial charge in [0.05, 0.1) is 31.8 Å². The number of hydrogen-bond donors (Lipinski definition) is 2. The van der Waals surface area contributed by atoms with Gasteiger partial charge in [-0.1, -0.05) is 12.1 Å². The van der Waals surface area contributed by atoms with Crippen molar-refractivity contribution in [2.24, 2.45) is 4.99 Å². The number of imidazole rings is 1. The molecule has 7 nitrogen and oxygen atoms in total. The maximum absolute atomic E-state index is 5.37. The quantitative estimate of drug-likeness (QED) is 0.484. The molecule has 0 unspecified atom stereocenters. The minimum Gasteiger partial charge on any atom is -0.493 e. The first-order chi connectivity index (χ1) is 13.7. The summed E-state index contributed by atoms with van der Waals surface area (Å²) < 4.78 is 12.8. The minimum atomic E-state index is 0.629. The van der Waals surface area contributed by atoms with Gasteiger partial charge in [0.15, 0.2) is 17.5 Å². The lowest BCUT2D eigenvalue weighted by atomic mass is 10.3. The first-order valence-corrected chi connectivity index (χ1v) is 9.35. The lowest BCUT2D eigenvalue weighted by Crippen LogP contribution is -2.31. The summed E-state index contributed by atoms with van der Waals surface area (Å²) in [7, 11) is 3.25. The van der Waals surface area contributed by atoms with E-state index in [1.165, 1.54) is 0 Å². The van der Waals surface area contributed by atoms with Crippen molar-refractivity contribution in [2.75, 3.05) is 32.6 Å². The molecule has 3 aromatic rings. The van der Waals surface area contributed by atoms with E-state index in [4.69, 9.17) is 14.5 Å². The highest BCUT2D eigenvalue weighted by molar-refractivity contribution is 5.93. The lowest BCUT2D eigenvalue weighted by molar-refractivity contribution is 0.355. The number of nitrogens with zero attached hydrogens (tertiary/aromatic N) is 3. The summed E-state index contributed by atoms with van der Waals surface area (Å²) in [5, 5.41) is 6.59. The van der Waals surface area contributed by atoms with Gasteiger partial charge in [-0.2, -0.15) is 0 Å². The van der Waals surface area contributed by atoms with Crippen LogP contribution in [0.4, 0.5) is 5.69 Å². The van der Waals surface area contributed by atoms with Crippen LogP contribution in [0.3, 0.4) is 0 Å². The summed E-state index contributed by atoms with van der Waals surface area (Å²) in [4.78, 5) is 9.31. The SMILES string of the molecule is CCNC(=NCCn1c(C)nc2ccccc21)Nc1ccc(OC)c(OC)c1. The van der Waals surface area contributed by atoms with E-state index >= 15 is 0 Å². The van der Waals surface area contributed by atoms with Crippen LogP contribution in [-0.4, -0.2) is 42.8 Å². The van der Waals surface area contributed by atoms with Crippen molar-refractivity contribution >= 4 is 22.7 Å². The number of aromatic nitrogens is 2. The first-order valence-electron chi connectivity index (χ1n) is 9.35. The molecule has 0 radical (unpaired) electrons. The van der Waals surface area contributed by atoms with Crippen molar-refractivity contribution in [3.63, 3.8) is 0 Å². The molecule has 3 rings (SSSR count). The fourth-order valence-electron chi connectivity index (χ4n) is 3.10. The number of guanidine groups is 1. The molecule has 7 heteroatoms. The van der Waals surface area contributed by atoms with Crippen molar-refractivity contribution < 1.29 is 9.47 Å². The van der Waals surface area contributed by atoms with Crippen molar-refractivity contribution in [1.29, 1.82) is 0 Å². The maximum Gasteiger partial charge on any atom is 0.195 e. The summed E-state index contributed by atoms with van der Waals surface area (Å²) in [6.07, 6.45) is 0. The molecule has 148 valence electrons. The predicted molar refractivity (Wildman–Crippen MR) is 114 cm³/mol. The third kappa shape index (κ3) is 4.36. The molecule has 0 saturated carbocycles. The second-order valence-electron chi connectivity index (χ2n) is 6.25. The normalized spacial score (nSPS) is 11.5. The average Bonchev–Trinajstić information content (AvgIpc) is 3.03. The molecule has 0 aliphatic heterocycles. The fourth-order valence-corrected chi connectivity index (χ4v) is 3.10. The number of anilines is 1. The highest BCUT2D eigenvalue weighted by Crippen LogP contribution is 2.29. The molecule has 0 spiro atoms. The topological polar surface area (TPSA) is 72.7 Å². The Morgan fingerprint density at radius 3 is 2.64 bits per heavy atom. The molecule has 1 heterocycles. The predicted octanol–water partition coefficient (Wildman–Crippen LogP) is 3.44. The molecule has 2 aromatic carbocycles. The van der Waals surface area contributed by atoms with E-state index in [1.807, 2.05) is 50.2 Å². The van der Waals surface area contributed by atoms with Gasteiger partial charge in [0.2, 0.25) is 0 Å². The van der Waals surface area contributed by atoms with Gasteiger partial charge in [-0.25, -0.2) is 4.98 Å². The van der Waals surface area contributed by atoms with E-state index < -0.39 is 0 Å². The standard InChI is InChI=1S/C21H27N5O2/c1-5-22-21(25-16-10-11-19(27-3)20(14-16)28-4)23-12-13-26-15(2)24-17-8-6-7-9-18(17)26/h6-11,14H,5,12-13H2,1-4H3,(H2,22,23,25). The Morgan fingerprint density at radius 2 is 1.89 bits per heavy atom. The summed E-state index contributed by atoms with van der Waals surface area (Å²) >= 11 is 0. The van der Waals surface area contributed by atoms with Crippen LogP contribution in [0.25, 0.3) is 11.0 Å². The number of aliphatic imine (C=N–C) groups is 1. The Kier molecular flexibility index (Phi) is 6.37. The highest BCUT2D eigenvalue weighted by atomic mass is 16.5. The van der Waals surface area contributed by atoms with Gasteiger partial charge >= 0.3 is 0 Å². The molecule has 0 amide bonds. The van der Waals surface area contributed by atoms with Crippen LogP contribution in [0.1, 0.15) is 12.7 Å². The molecular formula is C21H27N5O2. The molecule has 0 fully saturated rings. The zero-order chi connectivity index (χ0) is 19.9. The smallest absolute Gasteiger partial charge is 0.195 e. The van der Waals surface area contributed by atoms with E-state index in [-0.39, 0.29) is 0 Å². The number of benzene rings is 2. The number of nitrogens with one attached hydrogen (secondary N) is 2. The van der Waals surface area contributed by atoms with Gasteiger partial charge in [-0.3, -0.25) is 4.99 Å². The van der Waals surface area contributed by atoms with E-state index in [1.54, 1.807) is 14.2 Å². The van der Waals surface area contributed by atoms with Gasteiger partial charge in [-0.15, -0.1) is 0 Å². The van der Waals surface area contributed by atoms with E-state index in [9.17, 15) is 0 Å². The molecule has 0 bridgehead atoms. The zero-order valence-electron chi connectivity index (χ0n) is 16.8. The lowest BCUT2D eigenvalue weighted by Gasteiger charge is -2.14. The Bertz CT molecular complexity index is 965. The first kappa shape index (κ1) is 19.5. The number of aryl methyl sites for hydroxylation is 1. The fraction of sp³-hybridized carbons (Fsp3) is 0.333. The number of rotatable bonds is 7. The van der Waals surface area contributed by atoms with E-state index in [2.05, 4.69) is 26.3 Å². The minimum absolute atomic E-state index is 0.629. The Morgan fingerprint density at radius 1 is 1.11 bits per heavy atom. The summed E-state index contributed by atoms with van der Waals surface area (Å²) in [6.45, 7) is 6.22. The number of hydrogen-bond acceptors (Lipinski definition) is 4. The van der Waals surface area contributed by atoms with Crippen LogP contribution in [0.5, 0.6) is 11.5 Å².